The average molecular weight is 216 g/mol. The minimum atomic E-state index is -0.234. The lowest BCUT2D eigenvalue weighted by Gasteiger charge is -2.13. The lowest BCUT2D eigenvalue weighted by molar-refractivity contribution is 0.617. The second-order valence-electron chi connectivity index (χ2n) is 3.77. The van der Waals surface area contributed by atoms with E-state index in [1.54, 1.807) is 31.5 Å². The molecular formula is C13H13FN2. The SMILES string of the molecule is Cc1cc(C(N)c2ccncc2)ccc1F. The van der Waals surface area contributed by atoms with Crippen molar-refractivity contribution in [2.24, 2.45) is 5.73 Å². The normalized spacial score (nSPS) is 12.4. The smallest absolute Gasteiger partial charge is 0.126 e. The van der Waals surface area contributed by atoms with Gasteiger partial charge in [0, 0.05) is 12.4 Å². The van der Waals surface area contributed by atoms with E-state index in [9.17, 15) is 4.39 Å². The van der Waals surface area contributed by atoms with Gasteiger partial charge in [-0.3, -0.25) is 4.98 Å². The van der Waals surface area contributed by atoms with Gasteiger partial charge in [-0.2, -0.15) is 0 Å². The highest BCUT2D eigenvalue weighted by Crippen LogP contribution is 2.20. The van der Waals surface area contributed by atoms with Crippen LogP contribution in [0.5, 0.6) is 0 Å². The summed E-state index contributed by atoms with van der Waals surface area (Å²) in [6.07, 6.45) is 3.40. The van der Waals surface area contributed by atoms with Crippen molar-refractivity contribution in [1.29, 1.82) is 0 Å². The summed E-state index contributed by atoms with van der Waals surface area (Å²) in [7, 11) is 0. The summed E-state index contributed by atoms with van der Waals surface area (Å²) >= 11 is 0. The van der Waals surface area contributed by atoms with E-state index in [1.807, 2.05) is 12.1 Å². The summed E-state index contributed by atoms with van der Waals surface area (Å²) in [5.74, 6) is -0.203. The fourth-order valence-corrected chi connectivity index (χ4v) is 1.62. The Balaban J connectivity index is 2.34. The van der Waals surface area contributed by atoms with Crippen LogP contribution in [0, 0.1) is 12.7 Å². The van der Waals surface area contributed by atoms with Crippen LogP contribution in [0.15, 0.2) is 42.7 Å². The number of nitrogens with two attached hydrogens (primary N) is 1. The summed E-state index contributed by atoms with van der Waals surface area (Å²) in [5.41, 5.74) is 8.58. The zero-order chi connectivity index (χ0) is 11.5. The minimum Gasteiger partial charge on any atom is -0.320 e. The Labute approximate surface area is 93.9 Å². The number of nitrogens with zero attached hydrogens (tertiary/aromatic N) is 1. The molecular weight excluding hydrogens is 203 g/mol. The molecule has 0 aliphatic carbocycles. The summed E-state index contributed by atoms with van der Waals surface area (Å²) in [5, 5.41) is 0. The van der Waals surface area contributed by atoms with Gasteiger partial charge in [0.2, 0.25) is 0 Å². The Hall–Kier alpha value is -1.74. The second kappa shape index (κ2) is 4.41. The lowest BCUT2D eigenvalue weighted by Crippen LogP contribution is -2.12. The Morgan fingerprint density at radius 3 is 2.44 bits per heavy atom. The lowest BCUT2D eigenvalue weighted by atomic mass is 9.99. The third-order valence-electron chi connectivity index (χ3n) is 2.61. The van der Waals surface area contributed by atoms with Crippen LogP contribution < -0.4 is 5.73 Å². The number of benzene rings is 1. The highest BCUT2D eigenvalue weighted by molar-refractivity contribution is 5.33. The monoisotopic (exact) mass is 216 g/mol. The first-order chi connectivity index (χ1) is 7.68. The molecule has 1 atom stereocenters. The molecule has 82 valence electrons. The zero-order valence-electron chi connectivity index (χ0n) is 9.02. The minimum absolute atomic E-state index is 0.203. The van der Waals surface area contributed by atoms with E-state index in [0.29, 0.717) is 5.56 Å². The number of rotatable bonds is 2. The van der Waals surface area contributed by atoms with Crippen LogP contribution >= 0.6 is 0 Å². The van der Waals surface area contributed by atoms with Crippen molar-refractivity contribution in [3.8, 4) is 0 Å². The number of hydrogen-bond acceptors (Lipinski definition) is 2. The van der Waals surface area contributed by atoms with E-state index >= 15 is 0 Å². The van der Waals surface area contributed by atoms with Crippen LogP contribution in [0.3, 0.4) is 0 Å². The number of aryl methyl sites for hydroxylation is 1. The Kier molecular flexibility index (Phi) is 2.97. The molecule has 1 unspecified atom stereocenters. The van der Waals surface area contributed by atoms with Crippen molar-refractivity contribution in [2.75, 3.05) is 0 Å². The van der Waals surface area contributed by atoms with Crippen LogP contribution in [-0.2, 0) is 0 Å². The fraction of sp³-hybridized carbons (Fsp3) is 0.154. The third-order valence-corrected chi connectivity index (χ3v) is 2.61. The van der Waals surface area contributed by atoms with Gasteiger partial charge in [-0.1, -0.05) is 12.1 Å². The number of hydrogen-bond donors (Lipinski definition) is 1. The predicted molar refractivity (Wildman–Crippen MR) is 61.4 cm³/mol. The summed E-state index contributed by atoms with van der Waals surface area (Å²) in [6.45, 7) is 1.73. The van der Waals surface area contributed by atoms with Gasteiger partial charge in [-0.15, -0.1) is 0 Å². The molecule has 0 saturated carbocycles. The largest absolute Gasteiger partial charge is 0.320 e. The molecule has 1 aromatic heterocycles. The van der Waals surface area contributed by atoms with Crippen LogP contribution in [-0.4, -0.2) is 4.98 Å². The van der Waals surface area contributed by atoms with Crippen molar-refractivity contribution in [2.45, 2.75) is 13.0 Å². The predicted octanol–water partition coefficient (Wildman–Crippen LogP) is 2.58. The standard InChI is InChI=1S/C13H13FN2/c1-9-8-11(2-3-12(9)14)13(15)10-4-6-16-7-5-10/h2-8,13H,15H2,1H3. The summed E-state index contributed by atoms with van der Waals surface area (Å²) in [4.78, 5) is 3.94. The van der Waals surface area contributed by atoms with E-state index in [0.717, 1.165) is 11.1 Å². The molecule has 16 heavy (non-hydrogen) atoms. The van der Waals surface area contributed by atoms with Crippen molar-refractivity contribution in [3.63, 3.8) is 0 Å². The molecule has 1 aromatic carbocycles. The first-order valence-electron chi connectivity index (χ1n) is 5.10. The molecule has 1 heterocycles. The molecule has 3 heteroatoms. The van der Waals surface area contributed by atoms with E-state index in [1.165, 1.54) is 6.07 Å². The Bertz CT molecular complexity index is 483. The molecule has 0 saturated heterocycles. The van der Waals surface area contributed by atoms with Crippen molar-refractivity contribution in [1.82, 2.24) is 4.98 Å². The molecule has 2 rings (SSSR count). The molecule has 0 spiro atoms. The van der Waals surface area contributed by atoms with E-state index in [-0.39, 0.29) is 11.9 Å². The van der Waals surface area contributed by atoms with Crippen LogP contribution in [0.1, 0.15) is 22.7 Å². The maximum Gasteiger partial charge on any atom is 0.126 e. The van der Waals surface area contributed by atoms with Gasteiger partial charge >= 0.3 is 0 Å². The quantitative estimate of drug-likeness (QED) is 0.838. The Morgan fingerprint density at radius 2 is 1.81 bits per heavy atom. The van der Waals surface area contributed by atoms with E-state index < -0.39 is 0 Å². The highest BCUT2D eigenvalue weighted by Gasteiger charge is 2.09. The Morgan fingerprint density at radius 1 is 1.12 bits per heavy atom. The molecule has 0 fully saturated rings. The topological polar surface area (TPSA) is 38.9 Å². The van der Waals surface area contributed by atoms with Gasteiger partial charge in [0.25, 0.3) is 0 Å². The molecule has 2 N–H and O–H groups in total. The molecule has 0 radical (unpaired) electrons. The summed E-state index contributed by atoms with van der Waals surface area (Å²) in [6, 6.07) is 8.44. The first kappa shape index (κ1) is 10.8. The number of halogens is 1. The maximum atomic E-state index is 13.1. The van der Waals surface area contributed by atoms with Gasteiger partial charge in [-0.25, -0.2) is 4.39 Å². The first-order valence-corrected chi connectivity index (χ1v) is 5.10. The molecule has 0 aliphatic rings. The maximum absolute atomic E-state index is 13.1. The van der Waals surface area contributed by atoms with Crippen LogP contribution in [0.4, 0.5) is 4.39 Å². The van der Waals surface area contributed by atoms with Crippen LogP contribution in [0.2, 0.25) is 0 Å². The van der Waals surface area contributed by atoms with Crippen LogP contribution in [0.25, 0.3) is 0 Å². The van der Waals surface area contributed by atoms with Crippen molar-refractivity contribution in [3.05, 3.63) is 65.2 Å². The van der Waals surface area contributed by atoms with Gasteiger partial charge < -0.3 is 5.73 Å². The van der Waals surface area contributed by atoms with Gasteiger partial charge in [-0.05, 0) is 41.8 Å². The third kappa shape index (κ3) is 2.09. The molecule has 2 nitrogen and oxygen atoms in total. The van der Waals surface area contributed by atoms with Gasteiger partial charge in [0.05, 0.1) is 6.04 Å². The molecule has 0 amide bonds. The molecule has 0 aliphatic heterocycles. The van der Waals surface area contributed by atoms with Gasteiger partial charge in [0.15, 0.2) is 0 Å². The number of pyridine rings is 1. The van der Waals surface area contributed by atoms with Crippen molar-refractivity contribution < 1.29 is 4.39 Å². The number of aromatic nitrogens is 1. The second-order valence-corrected chi connectivity index (χ2v) is 3.77. The fourth-order valence-electron chi connectivity index (χ4n) is 1.62. The summed E-state index contributed by atoms with van der Waals surface area (Å²) < 4.78 is 13.1. The zero-order valence-corrected chi connectivity index (χ0v) is 9.02. The molecule has 0 bridgehead atoms. The van der Waals surface area contributed by atoms with E-state index in [2.05, 4.69) is 4.98 Å². The van der Waals surface area contributed by atoms with E-state index in [4.69, 9.17) is 5.73 Å². The van der Waals surface area contributed by atoms with Gasteiger partial charge in [0.1, 0.15) is 5.82 Å². The average Bonchev–Trinajstić information content (AvgIpc) is 2.33. The van der Waals surface area contributed by atoms with Crippen molar-refractivity contribution >= 4 is 0 Å². The highest BCUT2D eigenvalue weighted by atomic mass is 19.1. The molecule has 2 aromatic rings.